The van der Waals surface area contributed by atoms with Crippen molar-refractivity contribution in [1.29, 1.82) is 0 Å². The van der Waals surface area contributed by atoms with Crippen LogP contribution in [0.4, 0.5) is 19.3 Å². The van der Waals surface area contributed by atoms with Crippen LogP contribution in [0.3, 0.4) is 0 Å². The van der Waals surface area contributed by atoms with E-state index < -0.39 is 31.1 Å². The molecule has 0 aliphatic carbocycles. The van der Waals surface area contributed by atoms with Crippen LogP contribution in [0.25, 0.3) is 0 Å². The third-order valence-corrected chi connectivity index (χ3v) is 4.00. The van der Waals surface area contributed by atoms with Crippen molar-refractivity contribution in [1.82, 2.24) is 10.2 Å². The van der Waals surface area contributed by atoms with Gasteiger partial charge in [-0.15, -0.1) is 0 Å². The zero-order valence-corrected chi connectivity index (χ0v) is 13.7. The predicted octanol–water partition coefficient (Wildman–Crippen LogP) is 1.76. The van der Waals surface area contributed by atoms with E-state index in [1.165, 1.54) is 0 Å². The number of nitrogens with zero attached hydrogens (tertiary/aromatic N) is 1. The number of ether oxygens (including phenoxy) is 2. The molecule has 1 aromatic rings. The minimum atomic E-state index is -3.06. The Balaban J connectivity index is 1.67. The lowest BCUT2D eigenvalue weighted by Crippen LogP contribution is -2.46. The molecule has 1 fully saturated rings. The Morgan fingerprint density at radius 1 is 1.44 bits per heavy atom. The smallest absolute Gasteiger partial charge is 0.318 e. The topological polar surface area (TPSA) is 79.9 Å². The molecule has 2 heterocycles. The number of anilines is 1. The fraction of sp³-hybridized carbons (Fsp3) is 0.500. The first-order valence-electron chi connectivity index (χ1n) is 7.92. The van der Waals surface area contributed by atoms with Gasteiger partial charge in [0.2, 0.25) is 0 Å². The summed E-state index contributed by atoms with van der Waals surface area (Å²) in [5, 5.41) is 5.38. The maximum atomic E-state index is 13.6. The highest BCUT2D eigenvalue weighted by Crippen LogP contribution is 2.30. The number of urea groups is 1. The molecule has 0 saturated carbocycles. The fourth-order valence-electron chi connectivity index (χ4n) is 2.70. The van der Waals surface area contributed by atoms with Gasteiger partial charge in [0.25, 0.3) is 11.8 Å². The van der Waals surface area contributed by atoms with E-state index >= 15 is 0 Å². The van der Waals surface area contributed by atoms with Gasteiger partial charge in [0.05, 0.1) is 24.9 Å². The number of rotatable bonds is 2. The van der Waals surface area contributed by atoms with Gasteiger partial charge in [0, 0.05) is 6.54 Å². The molecule has 0 aromatic heterocycles. The van der Waals surface area contributed by atoms with Gasteiger partial charge in [-0.25, -0.2) is 13.6 Å². The van der Waals surface area contributed by atoms with Gasteiger partial charge >= 0.3 is 6.03 Å². The van der Waals surface area contributed by atoms with Crippen molar-refractivity contribution in [2.45, 2.75) is 18.9 Å². The number of carbonyl (C=O) groups is 2. The number of benzene rings is 1. The van der Waals surface area contributed by atoms with Crippen LogP contribution in [-0.4, -0.2) is 55.7 Å². The maximum Gasteiger partial charge on any atom is 0.318 e. The Bertz CT molecular complexity index is 683. The van der Waals surface area contributed by atoms with Gasteiger partial charge in [-0.2, -0.15) is 0 Å². The molecule has 0 spiro atoms. The van der Waals surface area contributed by atoms with Crippen LogP contribution in [0.15, 0.2) is 18.2 Å². The summed E-state index contributed by atoms with van der Waals surface area (Å²) in [4.78, 5) is 24.7. The summed E-state index contributed by atoms with van der Waals surface area (Å²) in [7, 11) is 0. The summed E-state index contributed by atoms with van der Waals surface area (Å²) in [6.45, 7) is 0.500. The second kappa shape index (κ2) is 6.83. The Morgan fingerprint density at radius 2 is 2.24 bits per heavy atom. The van der Waals surface area contributed by atoms with E-state index in [0.717, 1.165) is 10.5 Å². The normalized spacial score (nSPS) is 20.6. The number of hydrogen-bond donors (Lipinski definition) is 2. The first kappa shape index (κ1) is 17.4. The Morgan fingerprint density at radius 3 is 3.04 bits per heavy atom. The van der Waals surface area contributed by atoms with Crippen molar-refractivity contribution in [3.8, 4) is 5.75 Å². The molecule has 3 rings (SSSR count). The second-order valence-electron chi connectivity index (χ2n) is 6.09. The van der Waals surface area contributed by atoms with Crippen molar-refractivity contribution in [3.05, 3.63) is 23.8 Å². The molecule has 2 N–H and O–H groups in total. The second-order valence-corrected chi connectivity index (χ2v) is 6.09. The molecule has 7 nitrogen and oxygen atoms in total. The van der Waals surface area contributed by atoms with E-state index in [9.17, 15) is 18.4 Å². The van der Waals surface area contributed by atoms with Gasteiger partial charge in [-0.3, -0.25) is 4.79 Å². The van der Waals surface area contributed by atoms with Gasteiger partial charge < -0.3 is 25.0 Å². The molecule has 9 heteroatoms. The van der Waals surface area contributed by atoms with E-state index in [0.29, 0.717) is 11.4 Å². The number of carbonyl (C=O) groups excluding carboxylic acids is 2. The van der Waals surface area contributed by atoms with Gasteiger partial charge in [0.1, 0.15) is 12.4 Å². The van der Waals surface area contributed by atoms with E-state index in [4.69, 9.17) is 9.47 Å². The third-order valence-electron chi connectivity index (χ3n) is 4.00. The van der Waals surface area contributed by atoms with Crippen LogP contribution in [-0.2, 0) is 9.53 Å². The zero-order valence-electron chi connectivity index (χ0n) is 13.7. The Hall–Kier alpha value is -2.42. The molecule has 136 valence electrons. The molecule has 2 aliphatic heterocycles. The zero-order chi connectivity index (χ0) is 18.0. The molecule has 2 aliphatic rings. The van der Waals surface area contributed by atoms with Crippen molar-refractivity contribution >= 4 is 17.6 Å². The van der Waals surface area contributed by atoms with Crippen LogP contribution >= 0.6 is 0 Å². The Kier molecular flexibility index (Phi) is 4.76. The minimum absolute atomic E-state index is 0.0378. The van der Waals surface area contributed by atoms with Gasteiger partial charge in [0.15, 0.2) is 6.61 Å². The Labute approximate surface area is 143 Å². The highest BCUT2D eigenvalue weighted by molar-refractivity contribution is 5.95. The summed E-state index contributed by atoms with van der Waals surface area (Å²) < 4.78 is 37.2. The SMILES string of the molecule is CC(NC(=O)N1CCOCC(F)(F)C1)c1ccc2c(c1)NC(=O)CO2. The molecule has 1 saturated heterocycles. The average molecular weight is 355 g/mol. The molecule has 0 bridgehead atoms. The summed E-state index contributed by atoms with van der Waals surface area (Å²) in [6, 6.07) is 4.12. The highest BCUT2D eigenvalue weighted by Gasteiger charge is 2.36. The quantitative estimate of drug-likeness (QED) is 0.847. The van der Waals surface area contributed by atoms with Crippen LogP contribution in [0.5, 0.6) is 5.75 Å². The maximum absolute atomic E-state index is 13.6. The minimum Gasteiger partial charge on any atom is -0.482 e. The molecule has 1 unspecified atom stereocenters. The van der Waals surface area contributed by atoms with E-state index in [1.807, 2.05) is 0 Å². The van der Waals surface area contributed by atoms with Gasteiger partial charge in [-0.05, 0) is 24.6 Å². The standard InChI is InChI=1S/C16H19F2N3O4/c1-10(11-2-3-13-12(6-11)20-14(22)7-25-13)19-15(23)21-4-5-24-9-16(17,18)8-21/h2-3,6,10H,4-5,7-9H2,1H3,(H,19,23)(H,20,22). The fourth-order valence-corrected chi connectivity index (χ4v) is 2.70. The van der Waals surface area contributed by atoms with Crippen LogP contribution < -0.4 is 15.4 Å². The molecular formula is C16H19F2N3O4. The largest absolute Gasteiger partial charge is 0.482 e. The van der Waals surface area contributed by atoms with E-state index in [1.54, 1.807) is 25.1 Å². The molecule has 1 aromatic carbocycles. The van der Waals surface area contributed by atoms with Crippen LogP contribution in [0, 0.1) is 0 Å². The van der Waals surface area contributed by atoms with E-state index in [2.05, 4.69) is 10.6 Å². The summed E-state index contributed by atoms with van der Waals surface area (Å²) in [5.74, 6) is -2.77. The lowest BCUT2D eigenvalue weighted by Gasteiger charge is -2.26. The summed E-state index contributed by atoms with van der Waals surface area (Å²) >= 11 is 0. The number of alkyl halides is 2. The van der Waals surface area contributed by atoms with E-state index in [-0.39, 0.29) is 25.7 Å². The lowest BCUT2D eigenvalue weighted by molar-refractivity contribution is -0.118. The number of halogens is 2. The summed E-state index contributed by atoms with van der Waals surface area (Å²) in [6.07, 6.45) is 0. The van der Waals surface area contributed by atoms with Crippen LogP contribution in [0.1, 0.15) is 18.5 Å². The number of hydrogen-bond acceptors (Lipinski definition) is 4. The number of amides is 3. The van der Waals surface area contributed by atoms with Crippen molar-refractivity contribution < 1.29 is 27.8 Å². The molecule has 25 heavy (non-hydrogen) atoms. The monoisotopic (exact) mass is 355 g/mol. The summed E-state index contributed by atoms with van der Waals surface area (Å²) in [5.41, 5.74) is 1.24. The highest BCUT2D eigenvalue weighted by atomic mass is 19.3. The van der Waals surface area contributed by atoms with Crippen molar-refractivity contribution in [2.24, 2.45) is 0 Å². The molecule has 3 amide bonds. The third kappa shape index (κ3) is 4.16. The predicted molar refractivity (Wildman–Crippen MR) is 84.9 cm³/mol. The first-order chi connectivity index (χ1) is 11.8. The molecule has 1 atom stereocenters. The molecule has 0 radical (unpaired) electrons. The van der Waals surface area contributed by atoms with Crippen molar-refractivity contribution in [2.75, 3.05) is 38.2 Å². The van der Waals surface area contributed by atoms with Crippen LogP contribution in [0.2, 0.25) is 0 Å². The first-order valence-corrected chi connectivity index (χ1v) is 7.92. The average Bonchev–Trinajstić information content (AvgIpc) is 2.74. The lowest BCUT2D eigenvalue weighted by atomic mass is 10.1. The van der Waals surface area contributed by atoms with Crippen molar-refractivity contribution in [3.63, 3.8) is 0 Å². The number of fused-ring (bicyclic) bond motifs is 1. The van der Waals surface area contributed by atoms with Gasteiger partial charge in [-0.1, -0.05) is 6.07 Å². The molecular weight excluding hydrogens is 336 g/mol. The number of nitrogens with one attached hydrogen (secondary N) is 2.